The fourth-order valence-electron chi connectivity index (χ4n) is 3.10. The van der Waals surface area contributed by atoms with E-state index in [-0.39, 0.29) is 17.9 Å². The number of methoxy groups -OCH3 is 1. The van der Waals surface area contributed by atoms with Crippen LogP contribution in [-0.2, 0) is 11.4 Å². The molecule has 8 heteroatoms. The van der Waals surface area contributed by atoms with Crippen molar-refractivity contribution < 1.29 is 19.2 Å². The minimum Gasteiger partial charge on any atom is -0.493 e. The second-order valence-corrected chi connectivity index (χ2v) is 7.55. The van der Waals surface area contributed by atoms with Gasteiger partial charge in [0.2, 0.25) is 0 Å². The van der Waals surface area contributed by atoms with Gasteiger partial charge in [-0.25, -0.2) is 0 Å². The molecule has 0 unspecified atom stereocenters. The van der Waals surface area contributed by atoms with Crippen molar-refractivity contribution in [3.63, 3.8) is 0 Å². The van der Waals surface area contributed by atoms with Gasteiger partial charge < -0.3 is 14.8 Å². The number of carbonyl (C=O) groups excluding carboxylic acids is 1. The Labute approximate surface area is 197 Å². The molecule has 3 aromatic rings. The van der Waals surface area contributed by atoms with Crippen LogP contribution in [0.1, 0.15) is 22.3 Å². The molecule has 3 aromatic carbocycles. The summed E-state index contributed by atoms with van der Waals surface area (Å²) in [6, 6.07) is 18.6. The molecule has 1 N–H and O–H groups in total. The second-order valence-electron chi connectivity index (χ2n) is 7.55. The monoisotopic (exact) mass is 457 g/mol. The number of aryl methyl sites for hydroxylation is 2. The van der Waals surface area contributed by atoms with E-state index >= 15 is 0 Å². The van der Waals surface area contributed by atoms with Crippen LogP contribution < -0.4 is 14.8 Å². The SMILES string of the molecule is COc1cc(/C=C(\C#N)C(=O)Nc2ccc(C)c(C)c2)ccc1OCc1ccc([N+](=O)[O-])cc1. The van der Waals surface area contributed by atoms with Crippen molar-refractivity contribution in [2.75, 3.05) is 12.4 Å². The van der Waals surface area contributed by atoms with Gasteiger partial charge in [-0.15, -0.1) is 0 Å². The van der Waals surface area contributed by atoms with Crippen LogP contribution >= 0.6 is 0 Å². The smallest absolute Gasteiger partial charge is 0.269 e. The van der Waals surface area contributed by atoms with Crippen molar-refractivity contribution in [3.8, 4) is 17.6 Å². The van der Waals surface area contributed by atoms with Gasteiger partial charge in [0.25, 0.3) is 11.6 Å². The van der Waals surface area contributed by atoms with Gasteiger partial charge in [0.15, 0.2) is 11.5 Å². The number of carbonyl (C=O) groups is 1. The molecular formula is C26H23N3O5. The molecule has 0 aliphatic rings. The van der Waals surface area contributed by atoms with Crippen molar-refractivity contribution >= 4 is 23.4 Å². The average molecular weight is 457 g/mol. The normalized spacial score (nSPS) is 10.8. The molecule has 172 valence electrons. The number of benzene rings is 3. The van der Waals surface area contributed by atoms with E-state index in [1.807, 2.05) is 32.0 Å². The molecule has 0 bridgehead atoms. The van der Waals surface area contributed by atoms with E-state index in [4.69, 9.17) is 9.47 Å². The lowest BCUT2D eigenvalue weighted by atomic mass is 10.1. The van der Waals surface area contributed by atoms with Gasteiger partial charge in [-0.3, -0.25) is 14.9 Å². The molecule has 0 heterocycles. The van der Waals surface area contributed by atoms with Gasteiger partial charge in [0.05, 0.1) is 12.0 Å². The number of hydrogen-bond acceptors (Lipinski definition) is 6. The highest BCUT2D eigenvalue weighted by molar-refractivity contribution is 6.09. The Balaban J connectivity index is 1.73. The summed E-state index contributed by atoms with van der Waals surface area (Å²) in [7, 11) is 1.49. The zero-order chi connectivity index (χ0) is 24.7. The fourth-order valence-corrected chi connectivity index (χ4v) is 3.10. The summed E-state index contributed by atoms with van der Waals surface area (Å²) < 4.78 is 11.2. The zero-order valence-electron chi connectivity index (χ0n) is 19.0. The predicted octanol–water partition coefficient (Wildman–Crippen LogP) is 5.34. The zero-order valence-corrected chi connectivity index (χ0v) is 19.0. The number of nitriles is 1. The molecule has 0 aliphatic carbocycles. The van der Waals surface area contributed by atoms with Gasteiger partial charge in [-0.05, 0) is 78.6 Å². The number of amides is 1. The third-order valence-corrected chi connectivity index (χ3v) is 5.17. The number of non-ortho nitro benzene ring substituents is 1. The highest BCUT2D eigenvalue weighted by atomic mass is 16.6. The van der Waals surface area contributed by atoms with E-state index in [1.165, 1.54) is 25.3 Å². The van der Waals surface area contributed by atoms with Crippen LogP contribution in [0, 0.1) is 35.3 Å². The van der Waals surface area contributed by atoms with Crippen LogP contribution in [0.2, 0.25) is 0 Å². The van der Waals surface area contributed by atoms with Crippen molar-refractivity contribution in [1.82, 2.24) is 0 Å². The Morgan fingerprint density at radius 2 is 1.79 bits per heavy atom. The van der Waals surface area contributed by atoms with Crippen molar-refractivity contribution in [2.45, 2.75) is 20.5 Å². The van der Waals surface area contributed by atoms with E-state index in [0.29, 0.717) is 22.7 Å². The number of nitrogens with zero attached hydrogens (tertiary/aromatic N) is 2. The Bertz CT molecular complexity index is 1290. The first-order valence-electron chi connectivity index (χ1n) is 10.3. The maximum absolute atomic E-state index is 12.6. The Morgan fingerprint density at radius 1 is 1.06 bits per heavy atom. The van der Waals surface area contributed by atoms with E-state index in [1.54, 1.807) is 36.4 Å². The van der Waals surface area contributed by atoms with Crippen molar-refractivity contribution in [2.24, 2.45) is 0 Å². The quantitative estimate of drug-likeness (QED) is 0.211. The number of nitrogens with one attached hydrogen (secondary N) is 1. The topological polar surface area (TPSA) is 114 Å². The minimum absolute atomic E-state index is 0.00678. The van der Waals surface area contributed by atoms with Crippen LogP contribution in [0.5, 0.6) is 11.5 Å². The molecule has 0 aromatic heterocycles. The van der Waals surface area contributed by atoms with E-state index in [0.717, 1.165) is 16.7 Å². The number of ether oxygens (including phenoxy) is 2. The average Bonchev–Trinajstić information content (AvgIpc) is 2.83. The third-order valence-electron chi connectivity index (χ3n) is 5.17. The summed E-state index contributed by atoms with van der Waals surface area (Å²) in [6.45, 7) is 4.11. The lowest BCUT2D eigenvalue weighted by Gasteiger charge is -2.12. The Kier molecular flexibility index (Phi) is 7.62. The maximum atomic E-state index is 12.6. The summed E-state index contributed by atoms with van der Waals surface area (Å²) in [5.41, 5.74) is 4.05. The standard InChI is InChI=1S/C26H23N3O5/c1-17-4-8-22(12-18(17)2)28-26(30)21(15-27)13-20-7-11-24(25(14-20)33-3)34-16-19-5-9-23(10-6-19)29(31)32/h4-14H,16H2,1-3H3,(H,28,30)/b21-13+. The molecule has 34 heavy (non-hydrogen) atoms. The highest BCUT2D eigenvalue weighted by Gasteiger charge is 2.12. The third kappa shape index (κ3) is 5.99. The molecule has 0 saturated heterocycles. The second kappa shape index (κ2) is 10.8. The first-order valence-corrected chi connectivity index (χ1v) is 10.3. The van der Waals surface area contributed by atoms with Gasteiger partial charge in [-0.2, -0.15) is 5.26 Å². The fraction of sp³-hybridized carbons (Fsp3) is 0.154. The summed E-state index contributed by atoms with van der Waals surface area (Å²) >= 11 is 0. The van der Waals surface area contributed by atoms with Gasteiger partial charge in [0, 0.05) is 17.8 Å². The molecule has 1 amide bonds. The molecule has 0 radical (unpaired) electrons. The molecule has 0 fully saturated rings. The van der Waals surface area contributed by atoms with Crippen LogP contribution in [0.4, 0.5) is 11.4 Å². The molecule has 0 atom stereocenters. The first-order chi connectivity index (χ1) is 16.3. The molecule has 0 spiro atoms. The van der Waals surface area contributed by atoms with Gasteiger partial charge in [-0.1, -0.05) is 12.1 Å². The van der Waals surface area contributed by atoms with Crippen LogP contribution in [0.3, 0.4) is 0 Å². The van der Waals surface area contributed by atoms with E-state index in [2.05, 4.69) is 5.32 Å². The van der Waals surface area contributed by atoms with Crippen molar-refractivity contribution in [1.29, 1.82) is 5.26 Å². The largest absolute Gasteiger partial charge is 0.493 e. The van der Waals surface area contributed by atoms with Gasteiger partial charge >= 0.3 is 0 Å². The van der Waals surface area contributed by atoms with Crippen LogP contribution in [0.15, 0.2) is 66.2 Å². The molecule has 0 aliphatic heterocycles. The van der Waals surface area contributed by atoms with E-state index in [9.17, 15) is 20.2 Å². The predicted molar refractivity (Wildman–Crippen MR) is 129 cm³/mol. The lowest BCUT2D eigenvalue weighted by Crippen LogP contribution is -2.13. The number of anilines is 1. The summed E-state index contributed by atoms with van der Waals surface area (Å²) in [5.74, 6) is 0.363. The molecular weight excluding hydrogens is 434 g/mol. The maximum Gasteiger partial charge on any atom is 0.269 e. The minimum atomic E-state index is -0.511. The number of hydrogen-bond donors (Lipinski definition) is 1. The van der Waals surface area contributed by atoms with Gasteiger partial charge in [0.1, 0.15) is 18.2 Å². The highest BCUT2D eigenvalue weighted by Crippen LogP contribution is 2.30. The first kappa shape index (κ1) is 24.0. The molecule has 0 saturated carbocycles. The molecule has 3 rings (SSSR count). The van der Waals surface area contributed by atoms with Crippen LogP contribution in [-0.4, -0.2) is 17.9 Å². The molecule has 8 nitrogen and oxygen atoms in total. The van der Waals surface area contributed by atoms with Crippen LogP contribution in [0.25, 0.3) is 6.08 Å². The Morgan fingerprint density at radius 3 is 2.41 bits per heavy atom. The van der Waals surface area contributed by atoms with Crippen molar-refractivity contribution in [3.05, 3.63) is 98.6 Å². The number of nitro benzene ring substituents is 1. The number of nitro groups is 1. The lowest BCUT2D eigenvalue weighted by molar-refractivity contribution is -0.384. The van der Waals surface area contributed by atoms with E-state index < -0.39 is 10.8 Å². The summed E-state index contributed by atoms with van der Waals surface area (Å²) in [4.78, 5) is 22.9. The summed E-state index contributed by atoms with van der Waals surface area (Å²) in [6.07, 6.45) is 1.47. The summed E-state index contributed by atoms with van der Waals surface area (Å²) in [5, 5.41) is 23.0. The number of rotatable bonds is 8. The Hall–Kier alpha value is -4.64.